The predicted octanol–water partition coefficient (Wildman–Crippen LogP) is 0.483. The molecule has 0 amide bonds. The van der Waals surface area contributed by atoms with Gasteiger partial charge in [0, 0.05) is 33.2 Å². The highest BCUT2D eigenvalue weighted by molar-refractivity contribution is 7.90. The first kappa shape index (κ1) is 14.6. The largest absolute Gasteiger partial charge is 0.371 e. The van der Waals surface area contributed by atoms with Crippen molar-refractivity contribution in [1.82, 2.24) is 9.62 Å². The molecule has 1 aromatic carbocycles. The van der Waals surface area contributed by atoms with E-state index >= 15 is 0 Å². The number of anilines is 2. The van der Waals surface area contributed by atoms with Crippen LogP contribution < -0.4 is 14.5 Å². The minimum Gasteiger partial charge on any atom is -0.371 e. The Morgan fingerprint density at radius 2 is 1.76 bits per heavy atom. The van der Waals surface area contributed by atoms with Crippen LogP contribution in [0, 0.1) is 0 Å². The molecule has 1 N–H and O–H groups in total. The van der Waals surface area contributed by atoms with Crippen molar-refractivity contribution >= 4 is 21.6 Å². The molecule has 7 heteroatoms. The Kier molecular flexibility index (Phi) is 4.05. The average molecular weight is 310 g/mol. The number of nitrogens with zero attached hydrogens (tertiary/aromatic N) is 3. The lowest BCUT2D eigenvalue weighted by Gasteiger charge is -2.38. The van der Waals surface area contributed by atoms with Crippen LogP contribution in [-0.4, -0.2) is 59.0 Å². The Hall–Kier alpha value is -1.31. The van der Waals surface area contributed by atoms with Crippen molar-refractivity contribution in [3.8, 4) is 0 Å². The van der Waals surface area contributed by atoms with E-state index in [0.29, 0.717) is 32.7 Å². The highest BCUT2D eigenvalue weighted by Gasteiger charge is 2.34. The molecule has 0 bridgehead atoms. The van der Waals surface area contributed by atoms with Crippen LogP contribution in [0.3, 0.4) is 0 Å². The van der Waals surface area contributed by atoms with E-state index in [9.17, 15) is 8.42 Å². The summed E-state index contributed by atoms with van der Waals surface area (Å²) in [5, 5.41) is 3.25. The summed E-state index contributed by atoms with van der Waals surface area (Å²) in [6, 6.07) is 7.70. The van der Waals surface area contributed by atoms with Gasteiger partial charge in [0.15, 0.2) is 0 Å². The van der Waals surface area contributed by atoms with Gasteiger partial charge in [-0.1, -0.05) is 12.1 Å². The first-order chi connectivity index (χ1) is 10.1. The molecule has 3 rings (SSSR count). The van der Waals surface area contributed by atoms with Crippen LogP contribution in [0.15, 0.2) is 24.3 Å². The van der Waals surface area contributed by atoms with Crippen molar-refractivity contribution < 1.29 is 8.42 Å². The minimum atomic E-state index is -3.45. The second-order valence-corrected chi connectivity index (χ2v) is 7.35. The molecule has 0 radical (unpaired) electrons. The van der Waals surface area contributed by atoms with Gasteiger partial charge in [-0.15, -0.1) is 0 Å². The maximum atomic E-state index is 13.0. The summed E-state index contributed by atoms with van der Waals surface area (Å²) < 4.78 is 29.1. The van der Waals surface area contributed by atoms with Gasteiger partial charge in [0.25, 0.3) is 0 Å². The van der Waals surface area contributed by atoms with Gasteiger partial charge in [-0.2, -0.15) is 12.7 Å². The number of para-hydroxylation sites is 2. The molecule has 2 aliphatic rings. The monoisotopic (exact) mass is 310 g/mol. The number of likely N-dealkylation sites (N-methyl/N-ethyl adjacent to an activating group) is 1. The lowest BCUT2D eigenvalue weighted by atomic mass is 10.2. The summed E-state index contributed by atoms with van der Waals surface area (Å²) in [5.74, 6) is 0. The van der Waals surface area contributed by atoms with Crippen molar-refractivity contribution in [2.24, 2.45) is 0 Å². The van der Waals surface area contributed by atoms with E-state index in [1.54, 1.807) is 8.61 Å². The maximum Gasteiger partial charge on any atom is 0.304 e. The van der Waals surface area contributed by atoms with Crippen molar-refractivity contribution in [3.63, 3.8) is 0 Å². The smallest absolute Gasteiger partial charge is 0.304 e. The van der Waals surface area contributed by atoms with E-state index in [4.69, 9.17) is 0 Å². The Balaban J connectivity index is 1.94. The Morgan fingerprint density at radius 1 is 1.00 bits per heavy atom. The van der Waals surface area contributed by atoms with E-state index in [1.165, 1.54) is 0 Å². The Bertz CT molecular complexity index is 597. The molecule has 1 aromatic rings. The van der Waals surface area contributed by atoms with E-state index < -0.39 is 10.2 Å². The lowest BCUT2D eigenvalue weighted by Crippen LogP contribution is -2.50. The number of hydrogen-bond donors (Lipinski definition) is 1. The van der Waals surface area contributed by atoms with Gasteiger partial charge in [0.05, 0.1) is 17.9 Å². The lowest BCUT2D eigenvalue weighted by molar-refractivity contribution is 0.428. The van der Waals surface area contributed by atoms with Crippen molar-refractivity contribution in [3.05, 3.63) is 24.3 Å². The molecule has 0 spiro atoms. The van der Waals surface area contributed by atoms with Gasteiger partial charge in [-0.3, -0.25) is 4.31 Å². The van der Waals surface area contributed by atoms with Gasteiger partial charge in [-0.05, 0) is 25.1 Å². The summed E-state index contributed by atoms with van der Waals surface area (Å²) in [4.78, 5) is 2.10. The van der Waals surface area contributed by atoms with Crippen LogP contribution in [0.1, 0.15) is 6.42 Å². The molecule has 0 saturated carbocycles. The zero-order valence-electron chi connectivity index (χ0n) is 12.3. The summed E-state index contributed by atoms with van der Waals surface area (Å²) in [5.41, 5.74) is 1.75. The predicted molar refractivity (Wildman–Crippen MR) is 85.0 cm³/mol. The van der Waals surface area contributed by atoms with E-state index in [2.05, 4.69) is 10.2 Å². The molecule has 6 nitrogen and oxygen atoms in total. The van der Waals surface area contributed by atoms with Crippen molar-refractivity contribution in [2.45, 2.75) is 6.42 Å². The van der Waals surface area contributed by atoms with E-state index in [0.717, 1.165) is 24.3 Å². The van der Waals surface area contributed by atoms with Crippen LogP contribution in [-0.2, 0) is 10.2 Å². The molecular formula is C14H22N4O2S. The highest BCUT2D eigenvalue weighted by Crippen LogP contribution is 2.34. The third kappa shape index (κ3) is 2.73. The fourth-order valence-electron chi connectivity index (χ4n) is 2.91. The number of rotatable bonds is 2. The summed E-state index contributed by atoms with van der Waals surface area (Å²) in [7, 11) is -1.45. The minimum absolute atomic E-state index is 0.500. The van der Waals surface area contributed by atoms with Gasteiger partial charge < -0.3 is 10.2 Å². The quantitative estimate of drug-likeness (QED) is 0.863. The van der Waals surface area contributed by atoms with Crippen molar-refractivity contribution in [1.29, 1.82) is 0 Å². The normalized spacial score (nSPS) is 21.0. The third-order valence-electron chi connectivity index (χ3n) is 4.10. The second kappa shape index (κ2) is 5.82. The fourth-order valence-corrected chi connectivity index (χ4v) is 4.59. The molecular weight excluding hydrogens is 288 g/mol. The van der Waals surface area contributed by atoms with Crippen LogP contribution in [0.4, 0.5) is 11.4 Å². The topological polar surface area (TPSA) is 55.9 Å². The number of fused-ring (bicyclic) bond motifs is 1. The van der Waals surface area contributed by atoms with Crippen molar-refractivity contribution in [2.75, 3.05) is 55.5 Å². The molecule has 0 aromatic heterocycles. The zero-order chi connectivity index (χ0) is 14.9. The van der Waals surface area contributed by atoms with Crippen LogP contribution in [0.25, 0.3) is 0 Å². The zero-order valence-corrected chi connectivity index (χ0v) is 13.1. The molecule has 1 fully saturated rings. The van der Waals surface area contributed by atoms with E-state index in [-0.39, 0.29) is 0 Å². The number of benzene rings is 1. The van der Waals surface area contributed by atoms with Gasteiger partial charge in [0.1, 0.15) is 0 Å². The first-order valence-corrected chi connectivity index (χ1v) is 8.79. The van der Waals surface area contributed by atoms with Crippen LogP contribution in [0.2, 0.25) is 0 Å². The average Bonchev–Trinajstić information content (AvgIpc) is 2.77. The maximum absolute atomic E-state index is 13.0. The Morgan fingerprint density at radius 3 is 2.57 bits per heavy atom. The second-order valence-electron chi connectivity index (χ2n) is 5.49. The molecule has 0 unspecified atom stereocenters. The molecule has 116 valence electrons. The molecule has 21 heavy (non-hydrogen) atoms. The van der Waals surface area contributed by atoms with Gasteiger partial charge in [0.2, 0.25) is 0 Å². The summed E-state index contributed by atoms with van der Waals surface area (Å²) >= 11 is 0. The Labute approximate surface area is 126 Å². The number of nitrogens with one attached hydrogen (secondary N) is 1. The third-order valence-corrected chi connectivity index (χ3v) is 6.06. The van der Waals surface area contributed by atoms with Gasteiger partial charge >= 0.3 is 10.2 Å². The van der Waals surface area contributed by atoms with Crippen LogP contribution in [0.5, 0.6) is 0 Å². The standard InChI is InChI=1S/C14H22N4O2S/c1-16-11-12-18(14-6-3-2-5-13(14)16)21(19,20)17-9-4-7-15-8-10-17/h2-3,5-6,15H,4,7-12H2,1H3. The van der Waals surface area contributed by atoms with Crippen LogP contribution >= 0.6 is 0 Å². The number of hydrogen-bond acceptors (Lipinski definition) is 4. The molecule has 0 atom stereocenters. The highest BCUT2D eigenvalue weighted by atomic mass is 32.2. The van der Waals surface area contributed by atoms with Gasteiger partial charge in [-0.25, -0.2) is 0 Å². The molecule has 0 aliphatic carbocycles. The van der Waals surface area contributed by atoms with E-state index in [1.807, 2.05) is 31.3 Å². The summed E-state index contributed by atoms with van der Waals surface area (Å²) in [6.07, 6.45) is 0.856. The first-order valence-electron chi connectivity index (χ1n) is 7.39. The molecule has 2 heterocycles. The fraction of sp³-hybridized carbons (Fsp3) is 0.571. The molecule has 2 aliphatic heterocycles. The SMILES string of the molecule is CN1CCN(S(=O)(=O)N2CCCNCC2)c2ccccc21. The molecule has 1 saturated heterocycles. The summed E-state index contributed by atoms with van der Waals surface area (Å²) in [6.45, 7) is 3.93.